The quantitative estimate of drug-likeness (QED) is 0.327. The van der Waals surface area contributed by atoms with E-state index < -0.39 is 0 Å². The van der Waals surface area contributed by atoms with Gasteiger partial charge in [0, 0.05) is 0 Å². The van der Waals surface area contributed by atoms with Gasteiger partial charge in [-0.25, -0.2) is 0 Å². The Bertz CT molecular complexity index is 236. The first kappa shape index (κ1) is 19.7. The molecule has 0 aromatic rings. The molecule has 0 saturated carbocycles. The van der Waals surface area contributed by atoms with Crippen LogP contribution in [0.2, 0.25) is 0 Å². The van der Waals surface area contributed by atoms with Crippen LogP contribution < -0.4 is 0 Å². The van der Waals surface area contributed by atoms with Crippen LogP contribution in [0.1, 0.15) is 99.3 Å². The summed E-state index contributed by atoms with van der Waals surface area (Å²) in [5.41, 5.74) is 1.61. The minimum absolute atomic E-state index is 0.873. The largest absolute Gasteiger partial charge is 0.0856 e. The molecule has 0 fully saturated rings. The molecule has 0 heteroatoms. The van der Waals surface area contributed by atoms with Gasteiger partial charge < -0.3 is 0 Å². The molecule has 2 unspecified atom stereocenters. The lowest BCUT2D eigenvalue weighted by atomic mass is 9.94. The van der Waals surface area contributed by atoms with Gasteiger partial charge in [-0.1, -0.05) is 78.4 Å². The number of hydrogen-bond donors (Lipinski definition) is 0. The van der Waals surface area contributed by atoms with Crippen molar-refractivity contribution in [3.05, 3.63) is 11.6 Å². The molecule has 0 radical (unpaired) electrons. The van der Waals surface area contributed by atoms with Gasteiger partial charge in [-0.2, -0.15) is 0 Å². The lowest BCUT2D eigenvalue weighted by molar-refractivity contribution is 0.427. The molecule has 0 heterocycles. The van der Waals surface area contributed by atoms with Crippen LogP contribution in [0.4, 0.5) is 0 Å². The van der Waals surface area contributed by atoms with Crippen molar-refractivity contribution < 1.29 is 0 Å². The first-order valence-electron chi connectivity index (χ1n) is 9.11. The summed E-state index contributed by atoms with van der Waals surface area (Å²) >= 11 is 0. The summed E-state index contributed by atoms with van der Waals surface area (Å²) in [5, 5.41) is 0. The summed E-state index contributed by atoms with van der Waals surface area (Å²) in [6, 6.07) is 0. The Balaban J connectivity index is 3.58. The SMILES string of the molecule is CCC(C)CC/C=C(\C)CCCC(C)CCCC(C)C. The van der Waals surface area contributed by atoms with E-state index in [4.69, 9.17) is 0 Å². The van der Waals surface area contributed by atoms with Gasteiger partial charge in [0.15, 0.2) is 0 Å². The molecule has 0 bridgehead atoms. The highest BCUT2D eigenvalue weighted by atomic mass is 14.1. The molecule has 0 saturated heterocycles. The molecular weight excluding hydrogens is 240 g/mol. The fourth-order valence-electron chi connectivity index (χ4n) is 2.67. The van der Waals surface area contributed by atoms with Gasteiger partial charge in [0.25, 0.3) is 0 Å². The molecule has 0 amide bonds. The summed E-state index contributed by atoms with van der Waals surface area (Å²) in [5.74, 6) is 2.68. The van der Waals surface area contributed by atoms with Crippen molar-refractivity contribution in [1.82, 2.24) is 0 Å². The standard InChI is InChI=1S/C20H40/c1-7-18(4)12-9-14-20(6)16-10-15-19(5)13-8-11-17(2)3/h14,17-19H,7-13,15-16H2,1-6H3/b20-14+. The molecule has 0 aromatic carbocycles. The minimum Gasteiger partial charge on any atom is -0.0856 e. The van der Waals surface area contributed by atoms with Crippen LogP contribution in [-0.2, 0) is 0 Å². The third kappa shape index (κ3) is 12.8. The summed E-state index contributed by atoms with van der Waals surface area (Å²) < 4.78 is 0. The van der Waals surface area contributed by atoms with Crippen molar-refractivity contribution in [3.8, 4) is 0 Å². The lowest BCUT2D eigenvalue weighted by Gasteiger charge is -2.12. The maximum absolute atomic E-state index is 2.48. The third-order valence-electron chi connectivity index (χ3n) is 4.60. The zero-order chi connectivity index (χ0) is 15.4. The van der Waals surface area contributed by atoms with E-state index in [9.17, 15) is 0 Å². The Labute approximate surface area is 129 Å². The molecule has 2 atom stereocenters. The highest BCUT2D eigenvalue weighted by Gasteiger charge is 2.03. The first-order valence-corrected chi connectivity index (χ1v) is 9.11. The molecular formula is C20H40. The monoisotopic (exact) mass is 280 g/mol. The molecule has 120 valence electrons. The Morgan fingerprint density at radius 2 is 1.50 bits per heavy atom. The second kappa shape index (κ2) is 12.5. The highest BCUT2D eigenvalue weighted by Crippen LogP contribution is 2.19. The van der Waals surface area contributed by atoms with Crippen LogP contribution in [0.3, 0.4) is 0 Å². The maximum atomic E-state index is 2.48. The van der Waals surface area contributed by atoms with Crippen molar-refractivity contribution in [2.24, 2.45) is 17.8 Å². The van der Waals surface area contributed by atoms with Crippen LogP contribution in [0.5, 0.6) is 0 Å². The Morgan fingerprint density at radius 1 is 0.850 bits per heavy atom. The zero-order valence-corrected chi connectivity index (χ0v) is 15.2. The van der Waals surface area contributed by atoms with E-state index in [1.807, 2.05) is 0 Å². The molecule has 0 aliphatic heterocycles. The van der Waals surface area contributed by atoms with Crippen molar-refractivity contribution in [2.45, 2.75) is 99.3 Å². The van der Waals surface area contributed by atoms with Gasteiger partial charge >= 0.3 is 0 Å². The second-order valence-corrected chi connectivity index (χ2v) is 7.46. The van der Waals surface area contributed by atoms with Crippen molar-refractivity contribution in [1.29, 1.82) is 0 Å². The van der Waals surface area contributed by atoms with Crippen molar-refractivity contribution in [2.75, 3.05) is 0 Å². The Hall–Kier alpha value is -0.260. The molecule has 0 spiro atoms. The van der Waals surface area contributed by atoms with Crippen LogP contribution >= 0.6 is 0 Å². The third-order valence-corrected chi connectivity index (χ3v) is 4.60. The predicted molar refractivity (Wildman–Crippen MR) is 94.2 cm³/mol. The van der Waals surface area contributed by atoms with Crippen LogP contribution in [0, 0.1) is 17.8 Å². The van der Waals surface area contributed by atoms with Gasteiger partial charge in [0.05, 0.1) is 0 Å². The average molecular weight is 281 g/mol. The second-order valence-electron chi connectivity index (χ2n) is 7.46. The summed E-state index contributed by atoms with van der Waals surface area (Å²) in [6.45, 7) is 14.1. The number of rotatable bonds is 12. The van der Waals surface area contributed by atoms with Crippen LogP contribution in [-0.4, -0.2) is 0 Å². The van der Waals surface area contributed by atoms with Crippen molar-refractivity contribution >= 4 is 0 Å². The molecule has 20 heavy (non-hydrogen) atoms. The fraction of sp³-hybridized carbons (Fsp3) is 0.900. The smallest absolute Gasteiger partial charge is 0.0323 e. The number of allylic oxidation sites excluding steroid dienone is 2. The predicted octanol–water partition coefficient (Wildman–Crippen LogP) is 7.39. The van der Waals surface area contributed by atoms with Gasteiger partial charge in [0.1, 0.15) is 0 Å². The summed E-state index contributed by atoms with van der Waals surface area (Å²) in [4.78, 5) is 0. The topological polar surface area (TPSA) is 0 Å². The van der Waals surface area contributed by atoms with Crippen molar-refractivity contribution in [3.63, 3.8) is 0 Å². The van der Waals surface area contributed by atoms with Crippen LogP contribution in [0.15, 0.2) is 11.6 Å². The molecule has 0 aliphatic rings. The van der Waals surface area contributed by atoms with E-state index in [1.54, 1.807) is 5.57 Å². The summed E-state index contributed by atoms with van der Waals surface area (Å²) in [7, 11) is 0. The normalized spacial score (nSPS) is 15.7. The first-order chi connectivity index (χ1) is 9.45. The average Bonchev–Trinajstić information content (AvgIpc) is 2.38. The fourth-order valence-corrected chi connectivity index (χ4v) is 2.67. The molecule has 0 aromatic heterocycles. The molecule has 0 aliphatic carbocycles. The molecule has 0 rings (SSSR count). The molecule has 0 N–H and O–H groups in total. The van der Waals surface area contributed by atoms with Crippen LogP contribution in [0.25, 0.3) is 0 Å². The van der Waals surface area contributed by atoms with Gasteiger partial charge in [-0.15, -0.1) is 0 Å². The Kier molecular flexibility index (Phi) is 12.3. The highest BCUT2D eigenvalue weighted by molar-refractivity contribution is 4.97. The van der Waals surface area contributed by atoms with E-state index in [0.29, 0.717) is 0 Å². The lowest BCUT2D eigenvalue weighted by Crippen LogP contribution is -1.97. The van der Waals surface area contributed by atoms with Gasteiger partial charge in [-0.05, 0) is 50.4 Å². The number of hydrogen-bond acceptors (Lipinski definition) is 0. The Morgan fingerprint density at radius 3 is 2.10 bits per heavy atom. The van der Waals surface area contributed by atoms with E-state index in [1.165, 1.54) is 57.8 Å². The minimum atomic E-state index is 0.873. The van der Waals surface area contributed by atoms with E-state index >= 15 is 0 Å². The zero-order valence-electron chi connectivity index (χ0n) is 15.2. The maximum Gasteiger partial charge on any atom is -0.0323 e. The van der Waals surface area contributed by atoms with Gasteiger partial charge in [0.2, 0.25) is 0 Å². The molecule has 0 nitrogen and oxygen atoms in total. The summed E-state index contributed by atoms with van der Waals surface area (Å²) in [6.07, 6.45) is 14.8. The van der Waals surface area contributed by atoms with Gasteiger partial charge in [-0.3, -0.25) is 0 Å². The van der Waals surface area contributed by atoms with E-state index in [0.717, 1.165) is 17.8 Å². The van der Waals surface area contributed by atoms with E-state index in [-0.39, 0.29) is 0 Å². The van der Waals surface area contributed by atoms with E-state index in [2.05, 4.69) is 47.6 Å².